The van der Waals surface area contributed by atoms with E-state index in [0.29, 0.717) is 18.4 Å². The van der Waals surface area contributed by atoms with Crippen molar-refractivity contribution < 1.29 is 14.6 Å². The summed E-state index contributed by atoms with van der Waals surface area (Å²) in [5.74, 6) is -0.123. The number of aliphatic hydroxyl groups excluding tert-OH is 2. The van der Waals surface area contributed by atoms with E-state index in [-0.39, 0.29) is 11.6 Å². The van der Waals surface area contributed by atoms with Crippen LogP contribution in [0.4, 0.5) is 4.39 Å². The Morgan fingerprint density at radius 2 is 2.15 bits per heavy atom. The molecule has 0 radical (unpaired) electrons. The number of hydrogen-bond donors (Lipinski definition) is 2. The first-order valence-corrected chi connectivity index (χ1v) is 6.84. The van der Waals surface area contributed by atoms with E-state index in [1.807, 2.05) is 6.92 Å². The Bertz CT molecular complexity index is 570. The summed E-state index contributed by atoms with van der Waals surface area (Å²) in [6.07, 6.45) is 6.69. The van der Waals surface area contributed by atoms with Crippen molar-refractivity contribution in [3.63, 3.8) is 0 Å². The SMILES string of the molecule is CCCC1=C(O)C=C(C=Cc2cccc(F)c2)CC1O. The predicted molar refractivity (Wildman–Crippen MR) is 78.7 cm³/mol. The first-order valence-electron chi connectivity index (χ1n) is 6.84. The van der Waals surface area contributed by atoms with Gasteiger partial charge in [-0.05, 0) is 35.8 Å². The van der Waals surface area contributed by atoms with Crippen LogP contribution in [0.25, 0.3) is 6.08 Å². The van der Waals surface area contributed by atoms with Gasteiger partial charge in [-0.15, -0.1) is 0 Å². The third kappa shape index (κ3) is 3.58. The van der Waals surface area contributed by atoms with Crippen molar-refractivity contribution in [2.24, 2.45) is 0 Å². The lowest BCUT2D eigenvalue weighted by atomic mass is 9.91. The Balaban J connectivity index is 2.16. The van der Waals surface area contributed by atoms with Crippen molar-refractivity contribution in [2.75, 3.05) is 0 Å². The van der Waals surface area contributed by atoms with Gasteiger partial charge in [0.15, 0.2) is 0 Å². The van der Waals surface area contributed by atoms with Gasteiger partial charge >= 0.3 is 0 Å². The zero-order valence-electron chi connectivity index (χ0n) is 11.5. The topological polar surface area (TPSA) is 40.5 Å². The molecular formula is C17H19FO2. The lowest BCUT2D eigenvalue weighted by molar-refractivity contribution is 0.196. The lowest BCUT2D eigenvalue weighted by Crippen LogP contribution is -2.16. The average molecular weight is 274 g/mol. The van der Waals surface area contributed by atoms with Crippen LogP contribution in [0.3, 0.4) is 0 Å². The number of rotatable bonds is 4. The van der Waals surface area contributed by atoms with Gasteiger partial charge < -0.3 is 10.2 Å². The zero-order valence-corrected chi connectivity index (χ0v) is 11.5. The fraction of sp³-hybridized carbons (Fsp3) is 0.294. The largest absolute Gasteiger partial charge is 0.508 e. The molecule has 0 aliphatic heterocycles. The van der Waals surface area contributed by atoms with Gasteiger partial charge in [-0.3, -0.25) is 0 Å². The van der Waals surface area contributed by atoms with E-state index in [2.05, 4.69) is 0 Å². The molecule has 0 saturated carbocycles. The maximum absolute atomic E-state index is 13.1. The maximum Gasteiger partial charge on any atom is 0.123 e. The second kappa shape index (κ2) is 6.53. The van der Waals surface area contributed by atoms with E-state index in [1.165, 1.54) is 12.1 Å². The molecule has 3 heteroatoms. The van der Waals surface area contributed by atoms with Crippen molar-refractivity contribution in [2.45, 2.75) is 32.3 Å². The molecule has 1 aromatic rings. The number of allylic oxidation sites excluding steroid dienone is 2. The van der Waals surface area contributed by atoms with Crippen LogP contribution in [0.5, 0.6) is 0 Å². The predicted octanol–water partition coefficient (Wildman–Crippen LogP) is 4.14. The van der Waals surface area contributed by atoms with Crippen LogP contribution in [0, 0.1) is 5.82 Å². The Hall–Kier alpha value is -1.87. The minimum absolute atomic E-state index is 0.157. The van der Waals surface area contributed by atoms with Crippen molar-refractivity contribution in [1.29, 1.82) is 0 Å². The quantitative estimate of drug-likeness (QED) is 0.866. The van der Waals surface area contributed by atoms with Gasteiger partial charge in [0, 0.05) is 12.0 Å². The highest BCUT2D eigenvalue weighted by atomic mass is 19.1. The molecule has 1 aliphatic rings. The summed E-state index contributed by atoms with van der Waals surface area (Å²) < 4.78 is 13.1. The van der Waals surface area contributed by atoms with E-state index in [1.54, 1.807) is 30.4 Å². The van der Waals surface area contributed by atoms with Gasteiger partial charge in [-0.25, -0.2) is 4.39 Å². The molecule has 0 spiro atoms. The lowest BCUT2D eigenvalue weighted by Gasteiger charge is -2.21. The van der Waals surface area contributed by atoms with Crippen LogP contribution in [-0.4, -0.2) is 16.3 Å². The summed E-state index contributed by atoms with van der Waals surface area (Å²) in [4.78, 5) is 0. The Morgan fingerprint density at radius 3 is 2.80 bits per heavy atom. The van der Waals surface area contributed by atoms with E-state index in [9.17, 15) is 14.6 Å². The van der Waals surface area contributed by atoms with Gasteiger partial charge in [-0.2, -0.15) is 0 Å². The first kappa shape index (κ1) is 14.5. The second-order valence-corrected chi connectivity index (χ2v) is 4.99. The maximum atomic E-state index is 13.1. The summed E-state index contributed by atoms with van der Waals surface area (Å²) in [6, 6.07) is 6.29. The molecule has 0 aromatic heterocycles. The Kier molecular flexibility index (Phi) is 4.74. The monoisotopic (exact) mass is 274 g/mol. The van der Waals surface area contributed by atoms with Crippen molar-refractivity contribution in [1.82, 2.24) is 0 Å². The van der Waals surface area contributed by atoms with Crippen LogP contribution in [-0.2, 0) is 0 Å². The average Bonchev–Trinajstić information content (AvgIpc) is 2.41. The molecule has 106 valence electrons. The van der Waals surface area contributed by atoms with Crippen LogP contribution in [0.15, 0.2) is 53.3 Å². The van der Waals surface area contributed by atoms with Crippen molar-refractivity contribution >= 4 is 6.08 Å². The number of halogens is 1. The third-order valence-electron chi connectivity index (χ3n) is 3.34. The third-order valence-corrected chi connectivity index (χ3v) is 3.34. The van der Waals surface area contributed by atoms with Crippen LogP contribution in [0.1, 0.15) is 31.7 Å². The van der Waals surface area contributed by atoms with Crippen LogP contribution >= 0.6 is 0 Å². The zero-order chi connectivity index (χ0) is 14.5. The summed E-state index contributed by atoms with van der Waals surface area (Å²) in [5, 5.41) is 20.0. The molecular weight excluding hydrogens is 255 g/mol. The standard InChI is InChI=1S/C17H19FO2/c1-2-4-15-16(19)10-13(11-17(15)20)8-7-12-5-3-6-14(18)9-12/h3,5-10,17,19-20H,2,4,11H2,1H3. The smallest absolute Gasteiger partial charge is 0.123 e. The molecule has 0 bridgehead atoms. The molecule has 2 N–H and O–H groups in total. The summed E-state index contributed by atoms with van der Waals surface area (Å²) in [6.45, 7) is 2.01. The van der Waals surface area contributed by atoms with Crippen LogP contribution in [0.2, 0.25) is 0 Å². The van der Waals surface area contributed by atoms with Crippen molar-refractivity contribution in [3.05, 3.63) is 64.7 Å². The highest BCUT2D eigenvalue weighted by Crippen LogP contribution is 2.27. The molecule has 0 heterocycles. The second-order valence-electron chi connectivity index (χ2n) is 4.99. The summed E-state index contributed by atoms with van der Waals surface area (Å²) >= 11 is 0. The van der Waals surface area contributed by atoms with Gasteiger partial charge in [0.2, 0.25) is 0 Å². The Labute approximate surface area is 118 Å². The minimum Gasteiger partial charge on any atom is -0.508 e. The van der Waals surface area contributed by atoms with Crippen molar-refractivity contribution in [3.8, 4) is 0 Å². The van der Waals surface area contributed by atoms with Gasteiger partial charge in [0.1, 0.15) is 11.6 Å². The molecule has 0 amide bonds. The van der Waals surface area contributed by atoms with E-state index in [0.717, 1.165) is 17.6 Å². The fourth-order valence-electron chi connectivity index (χ4n) is 2.34. The summed E-state index contributed by atoms with van der Waals surface area (Å²) in [5.41, 5.74) is 2.29. The van der Waals surface area contributed by atoms with E-state index < -0.39 is 6.10 Å². The normalized spacial score (nSPS) is 19.6. The number of hydrogen-bond acceptors (Lipinski definition) is 2. The first-order chi connectivity index (χ1) is 9.60. The molecule has 0 saturated heterocycles. The molecule has 1 unspecified atom stereocenters. The fourth-order valence-corrected chi connectivity index (χ4v) is 2.34. The molecule has 1 aromatic carbocycles. The molecule has 0 fully saturated rings. The summed E-state index contributed by atoms with van der Waals surface area (Å²) in [7, 11) is 0. The molecule has 1 atom stereocenters. The molecule has 1 aliphatic carbocycles. The van der Waals surface area contributed by atoms with Gasteiger partial charge in [0.05, 0.1) is 6.10 Å². The van der Waals surface area contributed by atoms with E-state index in [4.69, 9.17) is 0 Å². The van der Waals surface area contributed by atoms with Gasteiger partial charge in [-0.1, -0.05) is 37.6 Å². The molecule has 20 heavy (non-hydrogen) atoms. The number of aliphatic hydroxyl groups is 2. The van der Waals surface area contributed by atoms with E-state index >= 15 is 0 Å². The minimum atomic E-state index is -0.632. The highest BCUT2D eigenvalue weighted by Gasteiger charge is 2.19. The molecule has 2 rings (SSSR count). The number of benzene rings is 1. The Morgan fingerprint density at radius 1 is 1.35 bits per heavy atom. The van der Waals surface area contributed by atoms with Crippen LogP contribution < -0.4 is 0 Å². The molecule has 2 nitrogen and oxygen atoms in total. The highest BCUT2D eigenvalue weighted by molar-refractivity contribution is 5.54. The van der Waals surface area contributed by atoms with Gasteiger partial charge in [0.25, 0.3) is 0 Å².